The van der Waals surface area contributed by atoms with Crippen LogP contribution in [-0.2, 0) is 9.30 Å². The van der Waals surface area contributed by atoms with Gasteiger partial charge in [0.1, 0.15) is 0 Å². The van der Waals surface area contributed by atoms with Crippen LogP contribution in [-0.4, -0.2) is 34.7 Å². The largest absolute Gasteiger partial charge is 0.380 e. The molecule has 1 saturated heterocycles. The Hall–Kier alpha value is -2.31. The van der Waals surface area contributed by atoms with Crippen LogP contribution < -0.4 is 10.6 Å². The molecule has 2 aromatic carbocycles. The average Bonchev–Trinajstić information content (AvgIpc) is 3.07. The van der Waals surface area contributed by atoms with Gasteiger partial charge < -0.3 is 14.9 Å². The van der Waals surface area contributed by atoms with Crippen LogP contribution in [0.1, 0.15) is 11.5 Å². The summed E-state index contributed by atoms with van der Waals surface area (Å²) in [6.45, 7) is 2.53. The molecule has 4 aromatic rings. The van der Waals surface area contributed by atoms with Gasteiger partial charge in [0.25, 0.3) is 0 Å². The molecule has 0 aliphatic carbocycles. The van der Waals surface area contributed by atoms with E-state index in [1.807, 2.05) is 35.8 Å². The molecule has 1 fully saturated rings. The molecule has 0 saturated carbocycles. The van der Waals surface area contributed by atoms with Crippen molar-refractivity contribution >= 4 is 56.5 Å². The van der Waals surface area contributed by atoms with Crippen molar-refractivity contribution in [3.8, 4) is 0 Å². The standard InChI is InChI=1S/C20H18N3O3PS/c1-27(24,25)19-8-15-16(23-13-2-3-20-18(6-13)22-11-28-20)4-5-21-17(15)7-14(19)12-9-26-10-12/h2-8,11-12H,9-10H2,1H3,(H,21,23)(H,24,25). The van der Waals surface area contributed by atoms with Crippen LogP contribution in [0.2, 0.25) is 0 Å². The maximum atomic E-state index is 12.6. The SMILES string of the molecule is CP(=O)(O)c1cc2c(Nc3ccc4scnc4c3)ccnc2cc1C1COC1. The van der Waals surface area contributed by atoms with Crippen molar-refractivity contribution in [2.45, 2.75) is 5.92 Å². The van der Waals surface area contributed by atoms with E-state index in [-0.39, 0.29) is 5.92 Å². The van der Waals surface area contributed by atoms with Gasteiger partial charge in [-0.2, -0.15) is 0 Å². The zero-order valence-corrected chi connectivity index (χ0v) is 16.8. The molecule has 0 amide bonds. The molecule has 8 heteroatoms. The highest BCUT2D eigenvalue weighted by molar-refractivity contribution is 7.65. The van der Waals surface area contributed by atoms with E-state index < -0.39 is 7.37 Å². The quantitative estimate of drug-likeness (QED) is 0.489. The molecule has 1 unspecified atom stereocenters. The summed E-state index contributed by atoms with van der Waals surface area (Å²) in [5, 5.41) is 4.71. The molecule has 0 radical (unpaired) electrons. The first-order chi connectivity index (χ1) is 13.5. The number of aromatic nitrogens is 2. The molecule has 2 aromatic heterocycles. The van der Waals surface area contributed by atoms with Gasteiger partial charge in [-0.15, -0.1) is 11.3 Å². The van der Waals surface area contributed by atoms with Crippen molar-refractivity contribution < 1.29 is 14.2 Å². The molecule has 3 heterocycles. The minimum Gasteiger partial charge on any atom is -0.380 e. The minimum atomic E-state index is -3.44. The number of hydrogen-bond donors (Lipinski definition) is 2. The Morgan fingerprint density at radius 3 is 2.79 bits per heavy atom. The molecule has 142 valence electrons. The first-order valence-electron chi connectivity index (χ1n) is 8.90. The topological polar surface area (TPSA) is 84.3 Å². The average molecular weight is 411 g/mol. The predicted molar refractivity (Wildman–Crippen MR) is 114 cm³/mol. The first kappa shape index (κ1) is 17.8. The van der Waals surface area contributed by atoms with Gasteiger partial charge in [-0.25, -0.2) is 4.98 Å². The molecule has 1 atom stereocenters. The third-order valence-electron chi connectivity index (χ3n) is 5.02. The highest BCUT2D eigenvalue weighted by Gasteiger charge is 2.29. The van der Waals surface area contributed by atoms with E-state index in [1.54, 1.807) is 23.6 Å². The third kappa shape index (κ3) is 3.10. The monoisotopic (exact) mass is 411 g/mol. The van der Waals surface area contributed by atoms with Crippen molar-refractivity contribution in [2.24, 2.45) is 0 Å². The lowest BCUT2D eigenvalue weighted by Gasteiger charge is -2.29. The Bertz CT molecular complexity index is 1250. The van der Waals surface area contributed by atoms with E-state index in [2.05, 4.69) is 15.3 Å². The summed E-state index contributed by atoms with van der Waals surface area (Å²) in [5.41, 5.74) is 6.17. The smallest absolute Gasteiger partial charge is 0.226 e. The van der Waals surface area contributed by atoms with Gasteiger partial charge in [0.05, 0.1) is 34.5 Å². The summed E-state index contributed by atoms with van der Waals surface area (Å²) in [6, 6.07) is 11.6. The lowest BCUT2D eigenvalue weighted by molar-refractivity contribution is 0.00884. The first-order valence-corrected chi connectivity index (χ1v) is 11.9. The number of fused-ring (bicyclic) bond motifs is 2. The summed E-state index contributed by atoms with van der Waals surface area (Å²) in [7, 11) is -3.44. The van der Waals surface area contributed by atoms with Crippen molar-refractivity contribution in [1.82, 2.24) is 9.97 Å². The predicted octanol–water partition coefficient (Wildman–Crippen LogP) is 4.23. The van der Waals surface area contributed by atoms with E-state index in [0.29, 0.717) is 18.5 Å². The number of nitrogens with one attached hydrogen (secondary N) is 1. The van der Waals surface area contributed by atoms with Crippen LogP contribution >= 0.6 is 18.7 Å². The maximum Gasteiger partial charge on any atom is 0.226 e. The minimum absolute atomic E-state index is 0.144. The Morgan fingerprint density at radius 1 is 1.18 bits per heavy atom. The molecule has 0 spiro atoms. The highest BCUT2D eigenvalue weighted by atomic mass is 32.1. The summed E-state index contributed by atoms with van der Waals surface area (Å²) in [5.74, 6) is 0.144. The summed E-state index contributed by atoms with van der Waals surface area (Å²) in [4.78, 5) is 19.2. The van der Waals surface area contributed by atoms with E-state index in [1.165, 1.54) is 6.66 Å². The third-order valence-corrected chi connectivity index (χ3v) is 7.12. The molecular formula is C20H18N3O3PS. The Morgan fingerprint density at radius 2 is 2.04 bits per heavy atom. The normalized spacial score (nSPS) is 16.8. The molecule has 1 aliphatic heterocycles. The van der Waals surface area contributed by atoms with Gasteiger partial charge in [0.2, 0.25) is 7.37 Å². The number of pyridine rings is 1. The number of nitrogens with zero attached hydrogens (tertiary/aromatic N) is 2. The number of anilines is 2. The van der Waals surface area contributed by atoms with Crippen LogP contribution in [0.25, 0.3) is 21.1 Å². The van der Waals surface area contributed by atoms with E-state index in [0.717, 1.165) is 38.1 Å². The number of thiazole rings is 1. The van der Waals surface area contributed by atoms with Crippen molar-refractivity contribution in [3.05, 3.63) is 53.7 Å². The number of hydrogen-bond acceptors (Lipinski definition) is 6. The van der Waals surface area contributed by atoms with Gasteiger partial charge in [-0.1, -0.05) is 0 Å². The molecule has 0 bridgehead atoms. The van der Waals surface area contributed by atoms with Crippen molar-refractivity contribution in [2.75, 3.05) is 25.2 Å². The number of ether oxygens (including phenoxy) is 1. The zero-order valence-electron chi connectivity index (χ0n) is 15.1. The molecule has 2 N–H and O–H groups in total. The van der Waals surface area contributed by atoms with Crippen molar-refractivity contribution in [1.29, 1.82) is 0 Å². The van der Waals surface area contributed by atoms with Crippen LogP contribution in [0.4, 0.5) is 11.4 Å². The Kier molecular flexibility index (Phi) is 4.21. The van der Waals surface area contributed by atoms with Gasteiger partial charge in [-0.3, -0.25) is 9.55 Å². The lowest BCUT2D eigenvalue weighted by Crippen LogP contribution is -2.29. The fourth-order valence-corrected chi connectivity index (χ4v) is 5.25. The fourth-order valence-electron chi connectivity index (χ4n) is 3.50. The summed E-state index contributed by atoms with van der Waals surface area (Å²) >= 11 is 1.60. The highest BCUT2D eigenvalue weighted by Crippen LogP contribution is 2.41. The van der Waals surface area contributed by atoms with Gasteiger partial charge >= 0.3 is 0 Å². The van der Waals surface area contributed by atoms with Crippen molar-refractivity contribution in [3.63, 3.8) is 0 Å². The Balaban J connectivity index is 1.63. The van der Waals surface area contributed by atoms with E-state index >= 15 is 0 Å². The number of benzene rings is 2. The van der Waals surface area contributed by atoms with Gasteiger partial charge in [0.15, 0.2) is 0 Å². The zero-order chi connectivity index (χ0) is 19.3. The van der Waals surface area contributed by atoms with E-state index in [9.17, 15) is 9.46 Å². The second kappa shape index (κ2) is 6.64. The Labute approximate surface area is 165 Å². The van der Waals surface area contributed by atoms with Crippen LogP contribution in [0.5, 0.6) is 0 Å². The van der Waals surface area contributed by atoms with Gasteiger partial charge in [-0.05, 0) is 42.0 Å². The molecular weight excluding hydrogens is 393 g/mol. The van der Waals surface area contributed by atoms with Crippen LogP contribution in [0, 0.1) is 0 Å². The summed E-state index contributed by atoms with van der Waals surface area (Å²) < 4.78 is 19.0. The fraction of sp³-hybridized carbons (Fsp3) is 0.200. The second-order valence-corrected chi connectivity index (χ2v) is 10.2. The van der Waals surface area contributed by atoms with Gasteiger partial charge in [0, 0.05) is 40.8 Å². The summed E-state index contributed by atoms with van der Waals surface area (Å²) in [6.07, 6.45) is 1.75. The molecule has 6 nitrogen and oxygen atoms in total. The van der Waals surface area contributed by atoms with Crippen LogP contribution in [0.15, 0.2) is 48.1 Å². The molecule has 5 rings (SSSR count). The maximum absolute atomic E-state index is 12.6. The number of rotatable bonds is 4. The van der Waals surface area contributed by atoms with Crippen LogP contribution in [0.3, 0.4) is 0 Å². The lowest BCUT2D eigenvalue weighted by atomic mass is 9.96. The molecule has 28 heavy (non-hydrogen) atoms. The van der Waals surface area contributed by atoms with E-state index in [4.69, 9.17) is 4.74 Å². The molecule has 1 aliphatic rings. The second-order valence-electron chi connectivity index (χ2n) is 7.06.